The van der Waals surface area contributed by atoms with Crippen molar-refractivity contribution >= 4 is 23.5 Å². The van der Waals surface area contributed by atoms with Crippen LogP contribution in [0.5, 0.6) is 0 Å². The van der Waals surface area contributed by atoms with Gasteiger partial charge in [0.25, 0.3) is 5.56 Å². The average Bonchev–Trinajstić information content (AvgIpc) is 2.94. The third-order valence-electron chi connectivity index (χ3n) is 3.87. The van der Waals surface area contributed by atoms with Crippen molar-refractivity contribution in [1.82, 2.24) is 9.55 Å². The molecular formula is C18H22N2OS2. The van der Waals surface area contributed by atoms with Gasteiger partial charge in [0.05, 0.1) is 10.6 Å². The van der Waals surface area contributed by atoms with E-state index >= 15 is 0 Å². The topological polar surface area (TPSA) is 34.9 Å². The summed E-state index contributed by atoms with van der Waals surface area (Å²) < 4.78 is 1.89. The molecule has 2 heterocycles. The monoisotopic (exact) mass is 346 g/mol. The van der Waals surface area contributed by atoms with Crippen LogP contribution in [0.2, 0.25) is 0 Å². The first-order chi connectivity index (χ1) is 11.2. The number of rotatable bonds is 6. The minimum Gasteiger partial charge on any atom is -0.286 e. The molecule has 0 fully saturated rings. The van der Waals surface area contributed by atoms with E-state index in [4.69, 9.17) is 4.98 Å². The first kappa shape index (κ1) is 16.7. The number of aromatic nitrogens is 2. The number of fused-ring (bicyclic) bond motifs is 1. The van der Waals surface area contributed by atoms with Crippen molar-refractivity contribution in [2.75, 3.05) is 5.75 Å². The zero-order chi connectivity index (χ0) is 16.2. The Morgan fingerprint density at radius 2 is 2.13 bits per heavy atom. The van der Waals surface area contributed by atoms with Crippen LogP contribution in [0.1, 0.15) is 31.5 Å². The fourth-order valence-corrected chi connectivity index (χ4v) is 4.73. The third-order valence-corrected chi connectivity index (χ3v) is 6.26. The van der Waals surface area contributed by atoms with Crippen molar-refractivity contribution in [2.24, 2.45) is 0 Å². The Morgan fingerprint density at radius 1 is 1.35 bits per heavy atom. The minimum atomic E-state index is 0.152. The van der Waals surface area contributed by atoms with Crippen LogP contribution < -0.4 is 5.56 Å². The van der Waals surface area contributed by atoms with Gasteiger partial charge in [-0.05, 0) is 18.4 Å². The number of hydrogen-bond acceptors (Lipinski definition) is 4. The SMILES string of the molecule is CCCSc1nc2c(c(=O)n1CCc1ccccc1)SC(C)C2. The second-order valence-electron chi connectivity index (χ2n) is 5.84. The molecule has 1 aliphatic heterocycles. The smallest absolute Gasteiger partial charge is 0.268 e. The van der Waals surface area contributed by atoms with Crippen LogP contribution in [0, 0.1) is 0 Å². The lowest BCUT2D eigenvalue weighted by atomic mass is 10.1. The van der Waals surface area contributed by atoms with Crippen molar-refractivity contribution in [1.29, 1.82) is 0 Å². The van der Waals surface area contributed by atoms with Gasteiger partial charge in [0.2, 0.25) is 0 Å². The summed E-state index contributed by atoms with van der Waals surface area (Å²) in [6.45, 7) is 5.02. The number of hydrogen-bond donors (Lipinski definition) is 0. The Hall–Kier alpha value is -1.20. The highest BCUT2D eigenvalue weighted by molar-refractivity contribution is 8.00. The highest BCUT2D eigenvalue weighted by Crippen LogP contribution is 2.34. The molecular weight excluding hydrogens is 324 g/mol. The van der Waals surface area contributed by atoms with E-state index in [9.17, 15) is 4.79 Å². The van der Waals surface area contributed by atoms with Crippen molar-refractivity contribution in [3.63, 3.8) is 0 Å². The number of benzene rings is 1. The van der Waals surface area contributed by atoms with Crippen molar-refractivity contribution in [3.05, 3.63) is 51.9 Å². The molecule has 23 heavy (non-hydrogen) atoms. The van der Waals surface area contributed by atoms with Gasteiger partial charge in [-0.1, -0.05) is 55.9 Å². The lowest BCUT2D eigenvalue weighted by molar-refractivity contribution is 0.564. The summed E-state index contributed by atoms with van der Waals surface area (Å²) in [7, 11) is 0. The molecule has 0 saturated heterocycles. The zero-order valence-electron chi connectivity index (χ0n) is 13.6. The van der Waals surface area contributed by atoms with Gasteiger partial charge in [0.1, 0.15) is 0 Å². The first-order valence-electron chi connectivity index (χ1n) is 8.16. The summed E-state index contributed by atoms with van der Waals surface area (Å²) in [4.78, 5) is 18.6. The molecule has 0 saturated carbocycles. The predicted molar refractivity (Wildman–Crippen MR) is 98.7 cm³/mol. The zero-order valence-corrected chi connectivity index (χ0v) is 15.3. The molecule has 0 spiro atoms. The molecule has 1 aromatic heterocycles. The second kappa shape index (κ2) is 7.58. The van der Waals surface area contributed by atoms with Crippen LogP contribution in [-0.4, -0.2) is 20.6 Å². The molecule has 0 amide bonds. The van der Waals surface area contributed by atoms with Crippen molar-refractivity contribution in [2.45, 2.75) is 55.0 Å². The lowest BCUT2D eigenvalue weighted by Gasteiger charge is -2.13. The van der Waals surface area contributed by atoms with Crippen LogP contribution in [0.4, 0.5) is 0 Å². The first-order valence-corrected chi connectivity index (χ1v) is 10.0. The largest absolute Gasteiger partial charge is 0.286 e. The van der Waals surface area contributed by atoms with Crippen molar-refractivity contribution in [3.8, 4) is 0 Å². The summed E-state index contributed by atoms with van der Waals surface area (Å²) in [5.41, 5.74) is 2.41. The number of nitrogens with zero attached hydrogens (tertiary/aromatic N) is 2. The number of aryl methyl sites for hydroxylation is 1. The summed E-state index contributed by atoms with van der Waals surface area (Å²) in [5.74, 6) is 0.999. The molecule has 2 aromatic rings. The summed E-state index contributed by atoms with van der Waals surface area (Å²) in [5, 5.41) is 1.35. The quantitative estimate of drug-likeness (QED) is 0.584. The third kappa shape index (κ3) is 3.83. The molecule has 0 N–H and O–H groups in total. The van der Waals surface area contributed by atoms with Crippen LogP contribution in [0.15, 0.2) is 45.2 Å². The van der Waals surface area contributed by atoms with Gasteiger partial charge in [-0.2, -0.15) is 0 Å². The Kier molecular flexibility index (Phi) is 5.49. The highest BCUT2D eigenvalue weighted by atomic mass is 32.2. The van der Waals surface area contributed by atoms with Gasteiger partial charge in [-0.25, -0.2) is 4.98 Å². The Balaban J connectivity index is 1.90. The van der Waals surface area contributed by atoms with E-state index in [1.165, 1.54) is 5.56 Å². The van der Waals surface area contributed by atoms with Crippen molar-refractivity contribution < 1.29 is 0 Å². The van der Waals surface area contributed by atoms with E-state index in [1.807, 2.05) is 22.8 Å². The fourth-order valence-electron chi connectivity index (χ4n) is 2.72. The lowest BCUT2D eigenvalue weighted by Crippen LogP contribution is -2.26. The summed E-state index contributed by atoms with van der Waals surface area (Å²) in [6, 6.07) is 10.3. The van der Waals surface area contributed by atoms with E-state index in [2.05, 4.69) is 26.0 Å². The van der Waals surface area contributed by atoms with E-state index in [0.717, 1.165) is 40.8 Å². The maximum absolute atomic E-state index is 12.9. The summed E-state index contributed by atoms with van der Waals surface area (Å²) >= 11 is 3.39. The second-order valence-corrected chi connectivity index (χ2v) is 8.35. The molecule has 3 rings (SSSR count). The van der Waals surface area contributed by atoms with Gasteiger partial charge < -0.3 is 0 Å². The molecule has 122 valence electrons. The Labute approximate surface area is 145 Å². The molecule has 1 atom stereocenters. The van der Waals surface area contributed by atoms with Crippen LogP contribution >= 0.6 is 23.5 Å². The Bertz CT molecular complexity index is 728. The van der Waals surface area contributed by atoms with Gasteiger partial charge in [0.15, 0.2) is 5.16 Å². The van der Waals surface area contributed by atoms with Gasteiger partial charge in [-0.3, -0.25) is 9.36 Å². The number of thioether (sulfide) groups is 2. The van der Waals surface area contributed by atoms with E-state index in [-0.39, 0.29) is 5.56 Å². The highest BCUT2D eigenvalue weighted by Gasteiger charge is 2.26. The molecule has 0 radical (unpaired) electrons. The predicted octanol–water partition coefficient (Wildman–Crippen LogP) is 4.02. The molecule has 1 aromatic carbocycles. The Morgan fingerprint density at radius 3 is 2.87 bits per heavy atom. The van der Waals surface area contributed by atoms with Crippen LogP contribution in [0.3, 0.4) is 0 Å². The van der Waals surface area contributed by atoms with E-state index < -0.39 is 0 Å². The maximum atomic E-state index is 12.9. The van der Waals surface area contributed by atoms with Gasteiger partial charge >= 0.3 is 0 Å². The van der Waals surface area contributed by atoms with Crippen LogP contribution in [-0.2, 0) is 19.4 Å². The molecule has 3 nitrogen and oxygen atoms in total. The standard InChI is InChI=1S/C18H22N2OS2/c1-3-11-22-18-19-15-12-13(2)23-16(15)17(21)20(18)10-9-14-7-5-4-6-8-14/h4-8,13H,3,9-12H2,1-2H3. The molecule has 1 unspecified atom stereocenters. The normalized spacial score (nSPS) is 16.5. The van der Waals surface area contributed by atoms with Crippen LogP contribution in [0.25, 0.3) is 0 Å². The molecule has 1 aliphatic rings. The molecule has 5 heteroatoms. The van der Waals surface area contributed by atoms with Gasteiger partial charge in [-0.15, -0.1) is 11.8 Å². The fraction of sp³-hybridized carbons (Fsp3) is 0.444. The van der Waals surface area contributed by atoms with E-state index in [0.29, 0.717) is 11.8 Å². The van der Waals surface area contributed by atoms with Gasteiger partial charge in [0, 0.05) is 24.0 Å². The molecule has 0 bridgehead atoms. The van der Waals surface area contributed by atoms with E-state index in [1.54, 1.807) is 23.5 Å². The molecule has 0 aliphatic carbocycles. The average molecular weight is 347 g/mol. The minimum absolute atomic E-state index is 0.152. The summed E-state index contributed by atoms with van der Waals surface area (Å²) in [6.07, 6.45) is 2.86. The maximum Gasteiger partial charge on any atom is 0.268 e.